The predicted molar refractivity (Wildman–Crippen MR) is 45.5 cm³/mol. The number of hydrogen-bond donors (Lipinski definition) is 1. The summed E-state index contributed by atoms with van der Waals surface area (Å²) in [6, 6.07) is 0. The van der Waals surface area contributed by atoms with Crippen LogP contribution >= 0.6 is 0 Å². The van der Waals surface area contributed by atoms with Gasteiger partial charge in [-0.3, -0.25) is 0 Å². The Balaban J connectivity index is 2.55. The summed E-state index contributed by atoms with van der Waals surface area (Å²) in [7, 11) is 0. The number of aliphatic hydroxyl groups is 1. The van der Waals surface area contributed by atoms with Crippen molar-refractivity contribution in [2.75, 3.05) is 6.61 Å². The van der Waals surface area contributed by atoms with E-state index in [0.717, 1.165) is 19.3 Å². The van der Waals surface area contributed by atoms with E-state index < -0.39 is 11.7 Å². The van der Waals surface area contributed by atoms with Gasteiger partial charge < -0.3 is 5.11 Å². The topological polar surface area (TPSA) is 38.7 Å². The lowest BCUT2D eigenvalue weighted by Crippen LogP contribution is -2.37. The molecule has 12 heavy (non-hydrogen) atoms. The zero-order valence-corrected chi connectivity index (χ0v) is 7.45. The summed E-state index contributed by atoms with van der Waals surface area (Å²) >= 11 is 0. The van der Waals surface area contributed by atoms with Crippen LogP contribution in [0.4, 0.5) is 0 Å². The molecule has 0 radical (unpaired) electrons. The van der Waals surface area contributed by atoms with Crippen LogP contribution in [0.15, 0.2) is 12.7 Å². The van der Waals surface area contributed by atoms with Gasteiger partial charge in [-0.05, 0) is 6.42 Å². The third kappa shape index (κ3) is 1.68. The molecule has 2 unspecified atom stereocenters. The predicted octanol–water partition coefficient (Wildman–Crippen LogP) is 1.42. The maximum Gasteiger partial charge on any atom is 0.149 e. The molecule has 0 aromatic heterocycles. The van der Waals surface area contributed by atoms with Gasteiger partial charge in [0.05, 0.1) is 0 Å². The first-order valence-corrected chi connectivity index (χ1v) is 4.37. The number of rotatable bonds is 4. The average Bonchev–Trinajstić information content (AvgIpc) is 2.45. The summed E-state index contributed by atoms with van der Waals surface area (Å²) in [6.07, 6.45) is 3.92. The minimum absolute atomic E-state index is 0.246. The van der Waals surface area contributed by atoms with Crippen LogP contribution in [0.3, 0.4) is 0 Å². The third-order valence-electron chi connectivity index (χ3n) is 2.27. The molecule has 1 saturated heterocycles. The molecular formula is C9H16O3. The van der Waals surface area contributed by atoms with Gasteiger partial charge in [-0.1, -0.05) is 25.8 Å². The summed E-state index contributed by atoms with van der Waals surface area (Å²) in [5, 5.41) is 9.54. The largest absolute Gasteiger partial charge is 0.387 e. The fraction of sp³-hybridized carbons (Fsp3) is 0.778. The van der Waals surface area contributed by atoms with Crippen molar-refractivity contribution in [3.05, 3.63) is 12.7 Å². The van der Waals surface area contributed by atoms with Gasteiger partial charge in [0.1, 0.15) is 18.3 Å². The highest BCUT2D eigenvalue weighted by molar-refractivity contribution is 5.03. The molecule has 2 atom stereocenters. The van der Waals surface area contributed by atoms with E-state index in [-0.39, 0.29) is 6.61 Å². The van der Waals surface area contributed by atoms with Gasteiger partial charge >= 0.3 is 0 Å². The second-order valence-corrected chi connectivity index (χ2v) is 3.15. The van der Waals surface area contributed by atoms with Crippen molar-refractivity contribution < 1.29 is 14.9 Å². The molecule has 0 aromatic carbocycles. The Kier molecular flexibility index (Phi) is 3.26. The normalized spacial score (nSPS) is 35.3. The van der Waals surface area contributed by atoms with Gasteiger partial charge in [-0.25, -0.2) is 9.78 Å². The average molecular weight is 172 g/mol. The van der Waals surface area contributed by atoms with Gasteiger partial charge in [-0.15, -0.1) is 6.58 Å². The van der Waals surface area contributed by atoms with Crippen LogP contribution in [0.1, 0.15) is 26.2 Å². The maximum absolute atomic E-state index is 9.54. The van der Waals surface area contributed by atoms with Gasteiger partial charge in [0.15, 0.2) is 0 Å². The first-order chi connectivity index (χ1) is 5.75. The van der Waals surface area contributed by atoms with Crippen LogP contribution < -0.4 is 0 Å². The highest BCUT2D eigenvalue weighted by Crippen LogP contribution is 2.30. The first kappa shape index (κ1) is 9.71. The summed E-state index contributed by atoms with van der Waals surface area (Å²) in [5.74, 6) is 0. The van der Waals surface area contributed by atoms with Gasteiger partial charge in [0, 0.05) is 0 Å². The van der Waals surface area contributed by atoms with Gasteiger partial charge in [0.25, 0.3) is 0 Å². The maximum atomic E-state index is 9.54. The zero-order chi connectivity index (χ0) is 9.03. The van der Waals surface area contributed by atoms with E-state index in [9.17, 15) is 5.11 Å². The second kappa shape index (κ2) is 4.03. The molecule has 0 bridgehead atoms. The summed E-state index contributed by atoms with van der Waals surface area (Å²) in [4.78, 5) is 9.78. The van der Waals surface area contributed by atoms with Gasteiger partial charge in [-0.2, -0.15) is 0 Å². The van der Waals surface area contributed by atoms with Crippen molar-refractivity contribution in [3.8, 4) is 0 Å². The van der Waals surface area contributed by atoms with E-state index in [4.69, 9.17) is 9.78 Å². The van der Waals surface area contributed by atoms with Crippen molar-refractivity contribution in [1.29, 1.82) is 0 Å². The lowest BCUT2D eigenvalue weighted by Gasteiger charge is -2.24. The third-order valence-corrected chi connectivity index (χ3v) is 2.27. The molecule has 0 spiro atoms. The molecule has 0 amide bonds. The highest BCUT2D eigenvalue weighted by atomic mass is 17.2. The molecule has 0 aliphatic carbocycles. The van der Waals surface area contributed by atoms with E-state index in [0.29, 0.717) is 0 Å². The molecule has 1 rings (SSSR count). The smallest absolute Gasteiger partial charge is 0.149 e. The van der Waals surface area contributed by atoms with Crippen LogP contribution in [-0.2, 0) is 9.78 Å². The number of aliphatic hydroxyl groups excluding tert-OH is 1. The Morgan fingerprint density at radius 3 is 2.92 bits per heavy atom. The Morgan fingerprint density at radius 1 is 1.75 bits per heavy atom. The number of unbranched alkanes of at least 4 members (excludes halogenated alkanes) is 1. The molecule has 1 heterocycles. The van der Waals surface area contributed by atoms with E-state index in [1.807, 2.05) is 0 Å². The molecule has 3 nitrogen and oxygen atoms in total. The van der Waals surface area contributed by atoms with Crippen molar-refractivity contribution in [3.63, 3.8) is 0 Å². The van der Waals surface area contributed by atoms with E-state index >= 15 is 0 Å². The Morgan fingerprint density at radius 2 is 2.50 bits per heavy atom. The molecular weight excluding hydrogens is 156 g/mol. The quantitative estimate of drug-likeness (QED) is 0.515. The van der Waals surface area contributed by atoms with E-state index in [1.165, 1.54) is 0 Å². The molecule has 1 fully saturated rings. The Hall–Kier alpha value is -0.380. The van der Waals surface area contributed by atoms with Crippen molar-refractivity contribution >= 4 is 0 Å². The second-order valence-electron chi connectivity index (χ2n) is 3.15. The minimum Gasteiger partial charge on any atom is -0.387 e. The van der Waals surface area contributed by atoms with E-state index in [1.54, 1.807) is 6.08 Å². The fourth-order valence-electron chi connectivity index (χ4n) is 1.34. The molecule has 3 heteroatoms. The summed E-state index contributed by atoms with van der Waals surface area (Å²) in [6.45, 7) is 6.00. The Bertz CT molecular complexity index is 158. The van der Waals surface area contributed by atoms with Gasteiger partial charge in [0.2, 0.25) is 0 Å². The van der Waals surface area contributed by atoms with Crippen molar-refractivity contribution in [2.24, 2.45) is 0 Å². The monoisotopic (exact) mass is 172 g/mol. The Labute approximate surface area is 72.9 Å². The first-order valence-electron chi connectivity index (χ1n) is 4.37. The minimum atomic E-state index is -0.657. The van der Waals surface area contributed by atoms with Crippen LogP contribution in [0, 0.1) is 0 Å². The summed E-state index contributed by atoms with van der Waals surface area (Å²) in [5.41, 5.74) is -0.657. The molecule has 0 aromatic rings. The number of hydrogen-bond acceptors (Lipinski definition) is 3. The van der Waals surface area contributed by atoms with Crippen LogP contribution in [-0.4, -0.2) is 23.4 Å². The highest BCUT2D eigenvalue weighted by Gasteiger charge is 2.42. The van der Waals surface area contributed by atoms with Crippen LogP contribution in [0.5, 0.6) is 0 Å². The lowest BCUT2D eigenvalue weighted by molar-refractivity contribution is -0.299. The zero-order valence-electron chi connectivity index (χ0n) is 7.45. The van der Waals surface area contributed by atoms with Crippen LogP contribution in [0.25, 0.3) is 0 Å². The summed E-state index contributed by atoms with van der Waals surface area (Å²) < 4.78 is 0. The molecule has 1 aliphatic rings. The SMILES string of the molecule is C=CC1(CCCC)OOCC1O. The molecule has 1 aliphatic heterocycles. The fourth-order valence-corrected chi connectivity index (χ4v) is 1.34. The standard InChI is InChI=1S/C9H16O3/c1-3-5-6-9(4-2)8(10)7-11-12-9/h4,8,10H,2-3,5-7H2,1H3. The molecule has 70 valence electrons. The lowest BCUT2D eigenvalue weighted by atomic mass is 9.91. The molecule has 0 saturated carbocycles. The van der Waals surface area contributed by atoms with E-state index in [2.05, 4.69) is 13.5 Å². The van der Waals surface area contributed by atoms with Crippen LogP contribution in [0.2, 0.25) is 0 Å². The van der Waals surface area contributed by atoms with Crippen molar-refractivity contribution in [1.82, 2.24) is 0 Å². The van der Waals surface area contributed by atoms with Crippen molar-refractivity contribution in [2.45, 2.75) is 37.9 Å². The molecule has 1 N–H and O–H groups in total.